The molecular formula is C15H24N2. The molecule has 0 aromatic rings. The first-order valence-corrected chi connectivity index (χ1v) is 5.63. The first-order chi connectivity index (χ1) is 8.24. The lowest BCUT2D eigenvalue weighted by atomic mass is 10.1. The Kier molecular flexibility index (Phi) is 12.7. The largest absolute Gasteiger partial charge is 0.326 e. The smallest absolute Gasteiger partial charge is 0.0493 e. The van der Waals surface area contributed by atoms with Crippen molar-refractivity contribution in [1.29, 1.82) is 0 Å². The van der Waals surface area contributed by atoms with Gasteiger partial charge in [-0.1, -0.05) is 58.4 Å². The Hall–Kier alpha value is -1.80. The summed E-state index contributed by atoms with van der Waals surface area (Å²) in [5, 5.41) is 0. The Morgan fingerprint density at radius 3 is 1.94 bits per heavy atom. The highest BCUT2D eigenvalue weighted by molar-refractivity contribution is 5.35. The average molecular weight is 232 g/mol. The normalized spacial score (nSPS) is 10.8. The molecule has 0 aliphatic heterocycles. The SMILES string of the molecule is C=C/C=C\C(=C(/C=C)CN)N(C=C)C=C.CC. The van der Waals surface area contributed by atoms with Gasteiger partial charge in [0, 0.05) is 24.6 Å². The molecule has 0 aromatic heterocycles. The van der Waals surface area contributed by atoms with E-state index >= 15 is 0 Å². The minimum Gasteiger partial charge on any atom is -0.326 e. The topological polar surface area (TPSA) is 29.3 Å². The molecular weight excluding hydrogens is 208 g/mol. The van der Waals surface area contributed by atoms with Crippen LogP contribution < -0.4 is 5.73 Å². The zero-order chi connectivity index (χ0) is 13.7. The van der Waals surface area contributed by atoms with Gasteiger partial charge in [-0.05, 0) is 11.6 Å². The molecule has 0 saturated heterocycles. The molecule has 0 bridgehead atoms. The minimum absolute atomic E-state index is 0.415. The van der Waals surface area contributed by atoms with E-state index in [9.17, 15) is 0 Å². The third-order valence-electron chi connectivity index (χ3n) is 1.86. The summed E-state index contributed by atoms with van der Waals surface area (Å²) in [5.41, 5.74) is 7.44. The maximum absolute atomic E-state index is 5.62. The molecule has 17 heavy (non-hydrogen) atoms. The van der Waals surface area contributed by atoms with Crippen molar-refractivity contribution in [3.05, 3.63) is 74.3 Å². The Bertz CT molecular complexity index is 301. The molecule has 0 amide bonds. The van der Waals surface area contributed by atoms with Gasteiger partial charge >= 0.3 is 0 Å². The van der Waals surface area contributed by atoms with Crippen molar-refractivity contribution in [2.24, 2.45) is 5.73 Å². The standard InChI is InChI=1S/C13H18N2.C2H6/c1-5-9-10-13(12(6-2)11-14)15(7-3)8-4;1-2/h5-10H,1-4,11,14H2;1-2H3/b10-9-,13-12-;. The van der Waals surface area contributed by atoms with E-state index in [-0.39, 0.29) is 0 Å². The molecule has 0 spiro atoms. The monoisotopic (exact) mass is 232 g/mol. The van der Waals surface area contributed by atoms with E-state index in [0.717, 1.165) is 11.3 Å². The van der Waals surface area contributed by atoms with Crippen LogP contribution >= 0.6 is 0 Å². The van der Waals surface area contributed by atoms with Crippen molar-refractivity contribution in [1.82, 2.24) is 4.90 Å². The summed E-state index contributed by atoms with van der Waals surface area (Å²) < 4.78 is 0. The van der Waals surface area contributed by atoms with Gasteiger partial charge in [-0.15, -0.1) is 0 Å². The second-order valence-corrected chi connectivity index (χ2v) is 2.69. The number of nitrogens with zero attached hydrogens (tertiary/aromatic N) is 1. The second-order valence-electron chi connectivity index (χ2n) is 2.69. The Labute approximate surface area is 106 Å². The fourth-order valence-electron chi connectivity index (χ4n) is 1.08. The predicted molar refractivity (Wildman–Crippen MR) is 79.2 cm³/mol. The first-order valence-electron chi connectivity index (χ1n) is 5.63. The van der Waals surface area contributed by atoms with Crippen molar-refractivity contribution < 1.29 is 0 Å². The Morgan fingerprint density at radius 2 is 1.65 bits per heavy atom. The van der Waals surface area contributed by atoms with Crippen LogP contribution in [0, 0.1) is 0 Å². The second kappa shape index (κ2) is 12.3. The fraction of sp³-hybridized carbons (Fsp3) is 0.200. The molecule has 0 atom stereocenters. The summed E-state index contributed by atoms with van der Waals surface area (Å²) in [6.45, 7) is 19.1. The molecule has 0 saturated carbocycles. The minimum atomic E-state index is 0.415. The highest BCUT2D eigenvalue weighted by atomic mass is 15.1. The lowest BCUT2D eigenvalue weighted by molar-refractivity contribution is 0.646. The van der Waals surface area contributed by atoms with Crippen LogP contribution in [0.25, 0.3) is 0 Å². The van der Waals surface area contributed by atoms with Crippen molar-refractivity contribution in [2.75, 3.05) is 6.54 Å². The highest BCUT2D eigenvalue weighted by Gasteiger charge is 2.03. The number of hydrogen-bond donors (Lipinski definition) is 1. The molecule has 0 aliphatic rings. The van der Waals surface area contributed by atoms with Crippen molar-refractivity contribution in [3.63, 3.8) is 0 Å². The summed E-state index contributed by atoms with van der Waals surface area (Å²) in [6.07, 6.45) is 10.5. The van der Waals surface area contributed by atoms with E-state index in [1.54, 1.807) is 29.5 Å². The van der Waals surface area contributed by atoms with E-state index in [2.05, 4.69) is 26.3 Å². The van der Waals surface area contributed by atoms with E-state index in [1.165, 1.54) is 0 Å². The van der Waals surface area contributed by atoms with Crippen LogP contribution in [0.2, 0.25) is 0 Å². The molecule has 94 valence electrons. The van der Waals surface area contributed by atoms with Crippen LogP contribution in [0.15, 0.2) is 74.3 Å². The number of nitrogens with two attached hydrogens (primary N) is 1. The maximum Gasteiger partial charge on any atom is 0.0493 e. The maximum atomic E-state index is 5.62. The summed E-state index contributed by atoms with van der Waals surface area (Å²) in [6, 6.07) is 0. The van der Waals surface area contributed by atoms with Gasteiger partial charge in [0.1, 0.15) is 0 Å². The van der Waals surface area contributed by atoms with Gasteiger partial charge in [0.25, 0.3) is 0 Å². The number of hydrogen-bond acceptors (Lipinski definition) is 2. The van der Waals surface area contributed by atoms with Crippen LogP contribution in [0.3, 0.4) is 0 Å². The van der Waals surface area contributed by atoms with Gasteiger partial charge in [0.15, 0.2) is 0 Å². The van der Waals surface area contributed by atoms with Crippen LogP contribution in [-0.4, -0.2) is 11.4 Å². The molecule has 0 unspecified atom stereocenters. The molecule has 0 aromatic carbocycles. The summed E-state index contributed by atoms with van der Waals surface area (Å²) >= 11 is 0. The van der Waals surface area contributed by atoms with Gasteiger partial charge in [-0.3, -0.25) is 0 Å². The quantitative estimate of drug-likeness (QED) is 0.677. The van der Waals surface area contributed by atoms with E-state index < -0.39 is 0 Å². The average Bonchev–Trinajstić information content (AvgIpc) is 2.40. The Balaban J connectivity index is 0. The number of rotatable bonds is 7. The Morgan fingerprint density at radius 1 is 1.12 bits per heavy atom. The summed E-state index contributed by atoms with van der Waals surface area (Å²) in [4.78, 5) is 1.78. The van der Waals surface area contributed by atoms with Gasteiger partial charge < -0.3 is 10.6 Å². The molecule has 0 fully saturated rings. The van der Waals surface area contributed by atoms with Gasteiger partial charge in [0.05, 0.1) is 0 Å². The van der Waals surface area contributed by atoms with Crippen molar-refractivity contribution in [3.8, 4) is 0 Å². The highest BCUT2D eigenvalue weighted by Crippen LogP contribution is 2.13. The zero-order valence-corrected chi connectivity index (χ0v) is 11.0. The number of allylic oxidation sites excluding steroid dienone is 3. The van der Waals surface area contributed by atoms with Crippen LogP contribution in [0.1, 0.15) is 13.8 Å². The zero-order valence-electron chi connectivity index (χ0n) is 11.0. The van der Waals surface area contributed by atoms with Crippen LogP contribution in [-0.2, 0) is 0 Å². The first kappa shape index (κ1) is 17.6. The lowest BCUT2D eigenvalue weighted by Gasteiger charge is -2.18. The molecule has 0 heterocycles. The lowest BCUT2D eigenvalue weighted by Crippen LogP contribution is -2.13. The van der Waals surface area contributed by atoms with Crippen LogP contribution in [0.4, 0.5) is 0 Å². The van der Waals surface area contributed by atoms with E-state index in [4.69, 9.17) is 5.73 Å². The summed E-state index contributed by atoms with van der Waals surface area (Å²) in [7, 11) is 0. The predicted octanol–water partition coefficient (Wildman–Crippen LogP) is 3.74. The third kappa shape index (κ3) is 6.38. The molecule has 2 nitrogen and oxygen atoms in total. The van der Waals surface area contributed by atoms with Crippen LogP contribution in [0.5, 0.6) is 0 Å². The summed E-state index contributed by atoms with van der Waals surface area (Å²) in [5.74, 6) is 0. The fourth-order valence-corrected chi connectivity index (χ4v) is 1.08. The molecule has 2 N–H and O–H groups in total. The van der Waals surface area contributed by atoms with E-state index in [1.807, 2.05) is 26.0 Å². The third-order valence-corrected chi connectivity index (χ3v) is 1.86. The molecule has 0 aliphatic carbocycles. The van der Waals surface area contributed by atoms with Gasteiger partial charge in [0.2, 0.25) is 0 Å². The molecule has 0 radical (unpaired) electrons. The van der Waals surface area contributed by atoms with Gasteiger partial charge in [-0.2, -0.15) is 0 Å². The van der Waals surface area contributed by atoms with E-state index in [0.29, 0.717) is 6.54 Å². The van der Waals surface area contributed by atoms with Gasteiger partial charge in [-0.25, -0.2) is 0 Å². The molecule has 0 rings (SSSR count). The van der Waals surface area contributed by atoms with Crippen molar-refractivity contribution >= 4 is 0 Å². The molecule has 2 heteroatoms. The van der Waals surface area contributed by atoms with Crippen molar-refractivity contribution in [2.45, 2.75) is 13.8 Å².